The van der Waals surface area contributed by atoms with E-state index in [1.54, 1.807) is 0 Å². The third-order valence-electron chi connectivity index (χ3n) is 2.97. The predicted octanol–water partition coefficient (Wildman–Crippen LogP) is 1.99. The summed E-state index contributed by atoms with van der Waals surface area (Å²) in [5.74, 6) is 0.0174. The Morgan fingerprint density at radius 3 is 3.06 bits per heavy atom. The molecule has 0 radical (unpaired) electrons. The number of hydrogen-bond donors (Lipinski definition) is 2. The second-order valence-electron chi connectivity index (χ2n) is 4.27. The standard InChI is InChI=1S/C14H18N2O/c1-2-3-4-7-16-14(17)11-5-6-12-9-15-10-13(12)8-11/h2,5-6,8,15H,1,3-4,7,9-10H2,(H,16,17). The van der Waals surface area contributed by atoms with E-state index in [1.165, 1.54) is 11.1 Å². The van der Waals surface area contributed by atoms with E-state index in [1.807, 2.05) is 24.3 Å². The van der Waals surface area contributed by atoms with Gasteiger partial charge in [-0.15, -0.1) is 6.58 Å². The maximum absolute atomic E-state index is 11.9. The molecule has 0 atom stereocenters. The number of carbonyl (C=O) groups is 1. The van der Waals surface area contributed by atoms with Crippen LogP contribution in [0.25, 0.3) is 0 Å². The Morgan fingerprint density at radius 1 is 1.41 bits per heavy atom. The van der Waals surface area contributed by atoms with Gasteiger partial charge < -0.3 is 10.6 Å². The molecule has 3 nitrogen and oxygen atoms in total. The first-order valence-electron chi connectivity index (χ1n) is 6.03. The first-order valence-corrected chi connectivity index (χ1v) is 6.03. The van der Waals surface area contributed by atoms with Crippen LogP contribution in [-0.4, -0.2) is 12.5 Å². The molecule has 0 aliphatic carbocycles. The maximum Gasteiger partial charge on any atom is 0.251 e. The molecule has 0 spiro atoms. The highest BCUT2D eigenvalue weighted by Crippen LogP contribution is 2.16. The third kappa shape index (κ3) is 2.94. The van der Waals surface area contributed by atoms with Crippen LogP contribution < -0.4 is 10.6 Å². The van der Waals surface area contributed by atoms with Crippen molar-refractivity contribution in [2.24, 2.45) is 0 Å². The molecule has 1 aliphatic rings. The van der Waals surface area contributed by atoms with E-state index >= 15 is 0 Å². The SMILES string of the molecule is C=CCCCNC(=O)c1ccc2c(c1)CNC2. The summed E-state index contributed by atoms with van der Waals surface area (Å²) < 4.78 is 0. The van der Waals surface area contributed by atoms with Crippen molar-refractivity contribution < 1.29 is 4.79 Å². The number of rotatable bonds is 5. The number of nitrogens with one attached hydrogen (secondary N) is 2. The Morgan fingerprint density at radius 2 is 2.24 bits per heavy atom. The van der Waals surface area contributed by atoms with Gasteiger partial charge in [0.2, 0.25) is 0 Å². The molecule has 2 N–H and O–H groups in total. The van der Waals surface area contributed by atoms with Crippen LogP contribution in [-0.2, 0) is 13.1 Å². The quantitative estimate of drug-likeness (QED) is 0.600. The van der Waals surface area contributed by atoms with Crippen LogP contribution in [0, 0.1) is 0 Å². The summed E-state index contributed by atoms with van der Waals surface area (Å²) >= 11 is 0. The molecule has 1 aliphatic heterocycles. The van der Waals surface area contributed by atoms with E-state index in [2.05, 4.69) is 17.2 Å². The molecular formula is C14H18N2O. The Hall–Kier alpha value is -1.61. The lowest BCUT2D eigenvalue weighted by atomic mass is 10.1. The van der Waals surface area contributed by atoms with Gasteiger partial charge in [0.25, 0.3) is 5.91 Å². The zero-order chi connectivity index (χ0) is 12.1. The van der Waals surface area contributed by atoms with E-state index in [0.717, 1.165) is 31.5 Å². The smallest absolute Gasteiger partial charge is 0.251 e. The molecule has 0 fully saturated rings. The van der Waals surface area contributed by atoms with Gasteiger partial charge in [-0.3, -0.25) is 4.79 Å². The molecule has 1 heterocycles. The fourth-order valence-corrected chi connectivity index (χ4v) is 1.99. The van der Waals surface area contributed by atoms with E-state index in [9.17, 15) is 4.79 Å². The number of hydrogen-bond acceptors (Lipinski definition) is 2. The van der Waals surface area contributed by atoms with E-state index in [4.69, 9.17) is 0 Å². The Balaban J connectivity index is 1.93. The Bertz CT molecular complexity index is 426. The summed E-state index contributed by atoms with van der Waals surface area (Å²) in [5.41, 5.74) is 3.29. The van der Waals surface area contributed by atoms with Crippen LogP contribution >= 0.6 is 0 Å². The lowest BCUT2D eigenvalue weighted by molar-refractivity contribution is 0.0953. The van der Waals surface area contributed by atoms with Crippen molar-refractivity contribution in [1.29, 1.82) is 0 Å². The van der Waals surface area contributed by atoms with Gasteiger partial charge in [0.05, 0.1) is 0 Å². The molecule has 17 heavy (non-hydrogen) atoms. The molecule has 1 aromatic carbocycles. The molecule has 0 saturated heterocycles. The fraction of sp³-hybridized carbons (Fsp3) is 0.357. The van der Waals surface area contributed by atoms with Crippen LogP contribution in [0.2, 0.25) is 0 Å². The molecule has 0 unspecified atom stereocenters. The van der Waals surface area contributed by atoms with Crippen molar-refractivity contribution in [2.45, 2.75) is 25.9 Å². The molecule has 0 bridgehead atoms. The number of carbonyl (C=O) groups excluding carboxylic acids is 1. The topological polar surface area (TPSA) is 41.1 Å². The normalized spacial score (nSPS) is 13.2. The number of unbranched alkanes of at least 4 members (excludes halogenated alkanes) is 1. The maximum atomic E-state index is 11.9. The van der Waals surface area contributed by atoms with Crippen LogP contribution in [0.3, 0.4) is 0 Å². The van der Waals surface area contributed by atoms with Crippen molar-refractivity contribution in [1.82, 2.24) is 10.6 Å². The summed E-state index contributed by atoms with van der Waals surface area (Å²) in [6.45, 7) is 6.14. The zero-order valence-corrected chi connectivity index (χ0v) is 9.96. The lowest BCUT2D eigenvalue weighted by Gasteiger charge is -2.06. The monoisotopic (exact) mass is 230 g/mol. The third-order valence-corrected chi connectivity index (χ3v) is 2.97. The van der Waals surface area contributed by atoms with E-state index in [0.29, 0.717) is 6.54 Å². The number of amides is 1. The molecule has 0 saturated carbocycles. The zero-order valence-electron chi connectivity index (χ0n) is 9.96. The summed E-state index contributed by atoms with van der Waals surface area (Å²) in [7, 11) is 0. The van der Waals surface area contributed by atoms with Gasteiger partial charge in [-0.2, -0.15) is 0 Å². The summed E-state index contributed by atoms with van der Waals surface area (Å²) in [5, 5.41) is 6.19. The molecular weight excluding hydrogens is 212 g/mol. The van der Waals surface area contributed by atoms with Crippen LogP contribution in [0.4, 0.5) is 0 Å². The minimum Gasteiger partial charge on any atom is -0.352 e. The van der Waals surface area contributed by atoms with Crippen molar-refractivity contribution in [2.75, 3.05) is 6.54 Å². The highest BCUT2D eigenvalue weighted by Gasteiger charge is 2.12. The second kappa shape index (κ2) is 5.64. The number of allylic oxidation sites excluding steroid dienone is 1. The van der Waals surface area contributed by atoms with Gasteiger partial charge in [0, 0.05) is 25.2 Å². The van der Waals surface area contributed by atoms with Crippen LogP contribution in [0.1, 0.15) is 34.3 Å². The Kier molecular flexibility index (Phi) is 3.94. The van der Waals surface area contributed by atoms with Gasteiger partial charge in [-0.1, -0.05) is 12.1 Å². The average Bonchev–Trinajstić information content (AvgIpc) is 2.81. The van der Waals surface area contributed by atoms with Crippen molar-refractivity contribution >= 4 is 5.91 Å². The van der Waals surface area contributed by atoms with Gasteiger partial charge in [-0.05, 0) is 36.1 Å². The summed E-state index contributed by atoms with van der Waals surface area (Å²) in [6.07, 6.45) is 3.75. The highest BCUT2D eigenvalue weighted by atomic mass is 16.1. The van der Waals surface area contributed by atoms with Crippen molar-refractivity contribution in [3.05, 3.63) is 47.5 Å². The van der Waals surface area contributed by atoms with Gasteiger partial charge in [0.1, 0.15) is 0 Å². The largest absolute Gasteiger partial charge is 0.352 e. The molecule has 2 rings (SSSR count). The van der Waals surface area contributed by atoms with E-state index < -0.39 is 0 Å². The lowest BCUT2D eigenvalue weighted by Crippen LogP contribution is -2.24. The first kappa shape index (κ1) is 11.9. The molecule has 90 valence electrons. The molecule has 1 aromatic rings. The average molecular weight is 230 g/mol. The van der Waals surface area contributed by atoms with Crippen LogP contribution in [0.5, 0.6) is 0 Å². The van der Waals surface area contributed by atoms with Gasteiger partial charge >= 0.3 is 0 Å². The molecule has 0 aromatic heterocycles. The first-order chi connectivity index (χ1) is 8.31. The van der Waals surface area contributed by atoms with Gasteiger partial charge in [-0.25, -0.2) is 0 Å². The van der Waals surface area contributed by atoms with Crippen LogP contribution in [0.15, 0.2) is 30.9 Å². The minimum atomic E-state index is 0.0174. The predicted molar refractivity (Wildman–Crippen MR) is 68.7 cm³/mol. The minimum absolute atomic E-state index is 0.0174. The molecule has 3 heteroatoms. The van der Waals surface area contributed by atoms with Gasteiger partial charge in [0.15, 0.2) is 0 Å². The fourth-order valence-electron chi connectivity index (χ4n) is 1.99. The summed E-state index contributed by atoms with van der Waals surface area (Å²) in [6, 6.07) is 5.92. The highest BCUT2D eigenvalue weighted by molar-refractivity contribution is 5.94. The van der Waals surface area contributed by atoms with Crippen molar-refractivity contribution in [3.63, 3.8) is 0 Å². The van der Waals surface area contributed by atoms with Crippen molar-refractivity contribution in [3.8, 4) is 0 Å². The molecule has 1 amide bonds. The summed E-state index contributed by atoms with van der Waals surface area (Å²) in [4.78, 5) is 11.9. The number of fused-ring (bicyclic) bond motifs is 1. The Labute approximate surface area is 102 Å². The second-order valence-corrected chi connectivity index (χ2v) is 4.27. The number of benzene rings is 1. The van der Waals surface area contributed by atoms with E-state index in [-0.39, 0.29) is 5.91 Å².